The maximum atomic E-state index is 12.4. The fourth-order valence-corrected chi connectivity index (χ4v) is 2.70. The number of hydrogen-bond acceptors (Lipinski definition) is 5. The molecular formula is C15H12N4O4. The lowest BCUT2D eigenvalue weighted by atomic mass is 10.1. The number of carbonyl (C=O) groups is 2. The zero-order chi connectivity index (χ0) is 16.4. The SMILES string of the molecule is [N-]=[N+]=NCC1CC(=O)N(c2oc3ccccc3c(=O)c2C=O)C1. The molecule has 1 unspecified atom stereocenters. The van der Waals surface area contributed by atoms with Gasteiger partial charge in [0, 0.05) is 24.4 Å². The molecule has 1 aromatic carbocycles. The molecule has 1 atom stereocenters. The zero-order valence-electron chi connectivity index (χ0n) is 12.0. The highest BCUT2D eigenvalue weighted by Crippen LogP contribution is 2.29. The first-order chi connectivity index (χ1) is 11.2. The van der Waals surface area contributed by atoms with Gasteiger partial charge >= 0.3 is 0 Å². The summed E-state index contributed by atoms with van der Waals surface area (Å²) in [6.45, 7) is 0.410. The van der Waals surface area contributed by atoms with Crippen LogP contribution in [0.1, 0.15) is 16.8 Å². The van der Waals surface area contributed by atoms with Crippen LogP contribution in [0.4, 0.5) is 5.88 Å². The largest absolute Gasteiger partial charge is 0.439 e. The normalized spacial score (nSPS) is 17.3. The van der Waals surface area contributed by atoms with Crippen molar-refractivity contribution in [2.24, 2.45) is 11.0 Å². The number of para-hydroxylation sites is 1. The van der Waals surface area contributed by atoms with Gasteiger partial charge in [0.05, 0.1) is 5.39 Å². The Morgan fingerprint density at radius 2 is 2.17 bits per heavy atom. The molecule has 23 heavy (non-hydrogen) atoms. The van der Waals surface area contributed by atoms with Gasteiger partial charge in [0.2, 0.25) is 17.2 Å². The van der Waals surface area contributed by atoms with Crippen LogP contribution in [0.15, 0.2) is 38.6 Å². The van der Waals surface area contributed by atoms with Crippen molar-refractivity contribution in [3.05, 3.63) is 50.5 Å². The lowest BCUT2D eigenvalue weighted by molar-refractivity contribution is -0.117. The summed E-state index contributed by atoms with van der Waals surface area (Å²) < 4.78 is 5.64. The predicted octanol–water partition coefficient (Wildman–Crippen LogP) is 2.27. The van der Waals surface area contributed by atoms with Gasteiger partial charge in [0.1, 0.15) is 11.1 Å². The Bertz CT molecular complexity index is 898. The molecule has 0 bridgehead atoms. The summed E-state index contributed by atoms with van der Waals surface area (Å²) in [5.41, 5.74) is 8.03. The van der Waals surface area contributed by atoms with Crippen molar-refractivity contribution in [1.29, 1.82) is 0 Å². The summed E-state index contributed by atoms with van der Waals surface area (Å²) in [6.07, 6.45) is 0.579. The number of nitrogens with zero attached hydrogens (tertiary/aromatic N) is 4. The Labute approximate surface area is 129 Å². The van der Waals surface area contributed by atoms with E-state index in [1.165, 1.54) is 4.90 Å². The van der Waals surface area contributed by atoms with E-state index in [1.807, 2.05) is 0 Å². The molecule has 1 aromatic heterocycles. The molecule has 1 aliphatic rings. The molecular weight excluding hydrogens is 300 g/mol. The van der Waals surface area contributed by atoms with E-state index in [2.05, 4.69) is 10.0 Å². The lowest BCUT2D eigenvalue weighted by Crippen LogP contribution is -2.28. The Morgan fingerprint density at radius 1 is 1.39 bits per heavy atom. The fraction of sp³-hybridized carbons (Fsp3) is 0.267. The summed E-state index contributed by atoms with van der Waals surface area (Å²) in [5, 5.41) is 3.75. The number of benzene rings is 1. The van der Waals surface area contributed by atoms with E-state index < -0.39 is 5.43 Å². The molecule has 8 heteroatoms. The molecule has 0 aliphatic carbocycles. The van der Waals surface area contributed by atoms with Gasteiger partial charge in [-0.25, -0.2) is 0 Å². The van der Waals surface area contributed by atoms with E-state index >= 15 is 0 Å². The highest BCUT2D eigenvalue weighted by molar-refractivity contribution is 6.00. The molecule has 2 aromatic rings. The zero-order valence-corrected chi connectivity index (χ0v) is 12.0. The molecule has 0 spiro atoms. The predicted molar refractivity (Wildman–Crippen MR) is 82.3 cm³/mol. The van der Waals surface area contributed by atoms with Gasteiger partial charge in [-0.2, -0.15) is 0 Å². The average Bonchev–Trinajstić information content (AvgIpc) is 2.93. The molecule has 8 nitrogen and oxygen atoms in total. The quantitative estimate of drug-likeness (QED) is 0.372. The van der Waals surface area contributed by atoms with E-state index in [4.69, 9.17) is 9.95 Å². The number of azide groups is 1. The van der Waals surface area contributed by atoms with Crippen LogP contribution in [0.5, 0.6) is 0 Å². The molecule has 1 amide bonds. The standard InChI is InChI=1S/C15H12N4O4/c16-18-17-6-9-5-13(21)19(7-9)15-11(8-20)14(22)10-3-1-2-4-12(10)23-15/h1-4,8-9H,5-7H2. The van der Waals surface area contributed by atoms with Crippen molar-refractivity contribution < 1.29 is 14.0 Å². The van der Waals surface area contributed by atoms with Crippen LogP contribution >= 0.6 is 0 Å². The van der Waals surface area contributed by atoms with Crippen LogP contribution in [0.25, 0.3) is 21.4 Å². The van der Waals surface area contributed by atoms with E-state index in [9.17, 15) is 14.4 Å². The van der Waals surface area contributed by atoms with Gasteiger partial charge in [0.15, 0.2) is 6.29 Å². The third-order valence-electron chi connectivity index (χ3n) is 3.78. The van der Waals surface area contributed by atoms with Crippen LogP contribution < -0.4 is 10.3 Å². The molecule has 1 fully saturated rings. The summed E-state index contributed by atoms with van der Waals surface area (Å²) >= 11 is 0. The van der Waals surface area contributed by atoms with Crippen molar-refractivity contribution in [3.8, 4) is 0 Å². The highest BCUT2D eigenvalue weighted by atomic mass is 16.4. The van der Waals surface area contributed by atoms with Crippen LogP contribution in [0.3, 0.4) is 0 Å². The fourth-order valence-electron chi connectivity index (χ4n) is 2.70. The first-order valence-electron chi connectivity index (χ1n) is 6.98. The average molecular weight is 312 g/mol. The Hall–Kier alpha value is -3.12. The van der Waals surface area contributed by atoms with Crippen LogP contribution in [-0.2, 0) is 4.79 Å². The number of rotatable bonds is 4. The molecule has 2 heterocycles. The number of aldehydes is 1. The van der Waals surface area contributed by atoms with Gasteiger partial charge in [-0.15, -0.1) is 0 Å². The Kier molecular flexibility index (Phi) is 3.82. The first kappa shape index (κ1) is 14.8. The number of anilines is 1. The van der Waals surface area contributed by atoms with Crippen molar-refractivity contribution in [3.63, 3.8) is 0 Å². The molecule has 0 radical (unpaired) electrons. The Morgan fingerprint density at radius 3 is 2.91 bits per heavy atom. The highest BCUT2D eigenvalue weighted by Gasteiger charge is 2.34. The molecule has 0 saturated carbocycles. The molecule has 116 valence electrons. The summed E-state index contributed by atoms with van der Waals surface area (Å²) in [4.78, 5) is 39.9. The van der Waals surface area contributed by atoms with Gasteiger partial charge in [-0.3, -0.25) is 19.3 Å². The summed E-state index contributed by atoms with van der Waals surface area (Å²) in [6, 6.07) is 6.54. The maximum absolute atomic E-state index is 12.4. The van der Waals surface area contributed by atoms with E-state index in [0.29, 0.717) is 11.9 Å². The second kappa shape index (κ2) is 5.94. The van der Waals surface area contributed by atoms with E-state index in [0.717, 1.165) is 0 Å². The minimum atomic E-state index is -0.469. The van der Waals surface area contributed by atoms with Gasteiger partial charge in [0.25, 0.3) is 0 Å². The number of fused-ring (bicyclic) bond motifs is 1. The third kappa shape index (κ3) is 2.56. The lowest BCUT2D eigenvalue weighted by Gasteiger charge is -2.16. The number of carbonyl (C=O) groups excluding carboxylic acids is 2. The van der Waals surface area contributed by atoms with Crippen molar-refractivity contribution in [2.45, 2.75) is 6.42 Å². The minimum Gasteiger partial charge on any atom is -0.439 e. The third-order valence-corrected chi connectivity index (χ3v) is 3.78. The van der Waals surface area contributed by atoms with Gasteiger partial charge in [-0.1, -0.05) is 17.2 Å². The molecule has 1 saturated heterocycles. The molecule has 1 aliphatic heterocycles. The number of hydrogen-bond donors (Lipinski definition) is 0. The maximum Gasteiger partial charge on any atom is 0.229 e. The van der Waals surface area contributed by atoms with Crippen molar-refractivity contribution >= 4 is 29.0 Å². The minimum absolute atomic E-state index is 0.0443. The second-order valence-corrected chi connectivity index (χ2v) is 5.25. The van der Waals surface area contributed by atoms with Crippen molar-refractivity contribution in [1.82, 2.24) is 0 Å². The smallest absolute Gasteiger partial charge is 0.229 e. The number of amides is 1. The van der Waals surface area contributed by atoms with Gasteiger partial charge < -0.3 is 4.42 Å². The van der Waals surface area contributed by atoms with Crippen LogP contribution in [0.2, 0.25) is 0 Å². The van der Waals surface area contributed by atoms with E-state index in [1.54, 1.807) is 24.3 Å². The van der Waals surface area contributed by atoms with E-state index in [-0.39, 0.29) is 48.2 Å². The topological polar surface area (TPSA) is 116 Å². The molecule has 3 rings (SSSR count). The van der Waals surface area contributed by atoms with Crippen LogP contribution in [-0.4, -0.2) is 25.3 Å². The molecule has 0 N–H and O–H groups in total. The summed E-state index contributed by atoms with van der Waals surface area (Å²) in [7, 11) is 0. The first-order valence-corrected chi connectivity index (χ1v) is 6.98. The summed E-state index contributed by atoms with van der Waals surface area (Å²) in [5.74, 6) is -0.489. The second-order valence-electron chi connectivity index (χ2n) is 5.25. The van der Waals surface area contributed by atoms with Crippen LogP contribution in [0, 0.1) is 5.92 Å². The Balaban J connectivity index is 2.09. The van der Waals surface area contributed by atoms with Crippen molar-refractivity contribution in [2.75, 3.05) is 18.0 Å². The van der Waals surface area contributed by atoms with Gasteiger partial charge in [-0.05, 0) is 23.6 Å². The monoisotopic (exact) mass is 312 g/mol.